The summed E-state index contributed by atoms with van der Waals surface area (Å²) >= 11 is 0. The highest BCUT2D eigenvalue weighted by atomic mass is 32.2. The molecule has 2 aromatic rings. The Bertz CT molecular complexity index is 776. The van der Waals surface area contributed by atoms with Gasteiger partial charge < -0.3 is 9.64 Å². The van der Waals surface area contributed by atoms with Gasteiger partial charge in [0.1, 0.15) is 0 Å². The minimum atomic E-state index is -1.31. The molecule has 25 heavy (non-hydrogen) atoms. The Kier molecular flexibility index (Phi) is 6.47. The van der Waals surface area contributed by atoms with Crippen LogP contribution in [0, 0.1) is 0 Å². The van der Waals surface area contributed by atoms with Crippen molar-refractivity contribution in [1.82, 2.24) is 4.90 Å². The molecule has 0 N–H and O–H groups in total. The Balaban J connectivity index is 2.00. The molecule has 0 fully saturated rings. The van der Waals surface area contributed by atoms with Gasteiger partial charge in [-0.2, -0.15) is 0 Å². The van der Waals surface area contributed by atoms with Crippen LogP contribution in [0.5, 0.6) is 0 Å². The standard InChI is InChI=1S/C19H21NO4S/c1-14(15-9-5-4-6-10-15)20(2)18(21)13-24-19(22)16-11-7-8-12-17(16)25(3)23/h4-12,14H,13H2,1-3H3/t14-,25-/m0/s1. The molecule has 0 aliphatic carbocycles. The van der Waals surface area contributed by atoms with Crippen LogP contribution in [0.3, 0.4) is 0 Å². The molecule has 0 unspecified atom stereocenters. The van der Waals surface area contributed by atoms with Crippen molar-refractivity contribution in [2.45, 2.75) is 17.9 Å². The topological polar surface area (TPSA) is 63.7 Å². The molecule has 0 heterocycles. The van der Waals surface area contributed by atoms with Crippen LogP contribution in [0.4, 0.5) is 0 Å². The molecule has 6 heteroatoms. The van der Waals surface area contributed by atoms with E-state index in [-0.39, 0.29) is 24.1 Å². The number of hydrogen-bond donors (Lipinski definition) is 0. The van der Waals surface area contributed by atoms with Crippen LogP contribution in [-0.4, -0.2) is 40.9 Å². The van der Waals surface area contributed by atoms with Crippen molar-refractivity contribution in [2.75, 3.05) is 19.9 Å². The Labute approximate surface area is 150 Å². The van der Waals surface area contributed by atoms with Crippen molar-refractivity contribution in [3.63, 3.8) is 0 Å². The van der Waals surface area contributed by atoms with Crippen LogP contribution in [0.1, 0.15) is 28.9 Å². The predicted octanol–water partition coefficient (Wildman–Crippen LogP) is 2.80. The lowest BCUT2D eigenvalue weighted by molar-refractivity contribution is -0.135. The first-order valence-electron chi connectivity index (χ1n) is 7.82. The fraction of sp³-hybridized carbons (Fsp3) is 0.263. The number of rotatable bonds is 6. The zero-order valence-electron chi connectivity index (χ0n) is 14.5. The number of amides is 1. The molecule has 0 bridgehead atoms. The summed E-state index contributed by atoms with van der Waals surface area (Å²) in [7, 11) is 0.357. The van der Waals surface area contributed by atoms with Crippen molar-refractivity contribution in [1.29, 1.82) is 0 Å². The number of likely N-dealkylation sites (N-methyl/N-ethyl adjacent to an activating group) is 1. The van der Waals surface area contributed by atoms with Crippen molar-refractivity contribution in [3.05, 3.63) is 65.7 Å². The van der Waals surface area contributed by atoms with Crippen LogP contribution >= 0.6 is 0 Å². The van der Waals surface area contributed by atoms with Crippen LogP contribution in [-0.2, 0) is 20.3 Å². The maximum atomic E-state index is 12.3. The number of carbonyl (C=O) groups is 2. The average Bonchev–Trinajstić information content (AvgIpc) is 2.65. The lowest BCUT2D eigenvalue weighted by Crippen LogP contribution is -2.33. The fourth-order valence-electron chi connectivity index (χ4n) is 2.36. The van der Waals surface area contributed by atoms with Crippen LogP contribution in [0.25, 0.3) is 0 Å². The van der Waals surface area contributed by atoms with E-state index in [1.165, 1.54) is 11.2 Å². The van der Waals surface area contributed by atoms with Gasteiger partial charge in [0.25, 0.3) is 5.91 Å². The Morgan fingerprint density at radius 3 is 2.32 bits per heavy atom. The predicted molar refractivity (Wildman–Crippen MR) is 96.7 cm³/mol. The lowest BCUT2D eigenvalue weighted by Gasteiger charge is -2.25. The van der Waals surface area contributed by atoms with E-state index in [1.54, 1.807) is 31.3 Å². The highest BCUT2D eigenvalue weighted by Crippen LogP contribution is 2.18. The van der Waals surface area contributed by atoms with Gasteiger partial charge in [0.2, 0.25) is 0 Å². The third-order valence-electron chi connectivity index (χ3n) is 4.00. The van der Waals surface area contributed by atoms with E-state index < -0.39 is 16.8 Å². The number of ether oxygens (including phenoxy) is 1. The number of carbonyl (C=O) groups excluding carboxylic acids is 2. The van der Waals surface area contributed by atoms with E-state index in [0.717, 1.165) is 5.56 Å². The quantitative estimate of drug-likeness (QED) is 0.744. The number of benzene rings is 2. The van der Waals surface area contributed by atoms with E-state index in [4.69, 9.17) is 4.74 Å². The van der Waals surface area contributed by atoms with Crippen molar-refractivity contribution < 1.29 is 18.5 Å². The summed E-state index contributed by atoms with van der Waals surface area (Å²) in [5.74, 6) is -0.959. The van der Waals surface area contributed by atoms with Crippen LogP contribution in [0.2, 0.25) is 0 Å². The number of nitrogens with zero attached hydrogens (tertiary/aromatic N) is 1. The maximum absolute atomic E-state index is 12.3. The van der Waals surface area contributed by atoms with E-state index in [9.17, 15) is 13.8 Å². The number of esters is 1. The van der Waals surface area contributed by atoms with Gasteiger partial charge in [0.05, 0.1) is 27.3 Å². The van der Waals surface area contributed by atoms with E-state index in [2.05, 4.69) is 0 Å². The van der Waals surface area contributed by atoms with Gasteiger partial charge in [0, 0.05) is 13.3 Å². The second-order valence-corrected chi connectivity index (χ2v) is 6.97. The molecule has 0 saturated carbocycles. The van der Waals surface area contributed by atoms with E-state index >= 15 is 0 Å². The zero-order valence-corrected chi connectivity index (χ0v) is 15.3. The first kappa shape index (κ1) is 18.9. The van der Waals surface area contributed by atoms with Crippen LogP contribution in [0.15, 0.2) is 59.5 Å². The van der Waals surface area contributed by atoms with E-state index in [0.29, 0.717) is 4.90 Å². The molecular formula is C19H21NO4S. The van der Waals surface area contributed by atoms with Gasteiger partial charge in [-0.15, -0.1) is 0 Å². The normalized spacial score (nSPS) is 12.9. The Hall–Kier alpha value is -2.47. The first-order chi connectivity index (χ1) is 11.9. The molecule has 2 atom stereocenters. The Morgan fingerprint density at radius 2 is 1.68 bits per heavy atom. The van der Waals surface area contributed by atoms with Crippen molar-refractivity contribution in [3.8, 4) is 0 Å². The molecule has 1 amide bonds. The smallest absolute Gasteiger partial charge is 0.339 e. The largest absolute Gasteiger partial charge is 0.452 e. The molecule has 2 rings (SSSR count). The summed E-state index contributed by atoms with van der Waals surface area (Å²) in [5.41, 5.74) is 1.21. The number of hydrogen-bond acceptors (Lipinski definition) is 4. The SMILES string of the molecule is C[C@@H](c1ccccc1)N(C)C(=O)COC(=O)c1ccccc1[S@](C)=O. The zero-order chi connectivity index (χ0) is 18.4. The third kappa shape index (κ3) is 4.76. The molecule has 0 spiro atoms. The molecule has 0 aliphatic rings. The van der Waals surface area contributed by atoms with Gasteiger partial charge in [-0.1, -0.05) is 42.5 Å². The van der Waals surface area contributed by atoms with Gasteiger partial charge in [-0.05, 0) is 24.6 Å². The van der Waals surface area contributed by atoms with E-state index in [1.807, 2.05) is 37.3 Å². The lowest BCUT2D eigenvalue weighted by atomic mass is 10.1. The maximum Gasteiger partial charge on any atom is 0.339 e. The molecule has 0 aliphatic heterocycles. The fourth-order valence-corrected chi connectivity index (χ4v) is 3.10. The van der Waals surface area contributed by atoms with Crippen molar-refractivity contribution in [2.24, 2.45) is 0 Å². The van der Waals surface area contributed by atoms with Crippen LogP contribution < -0.4 is 0 Å². The monoisotopic (exact) mass is 359 g/mol. The average molecular weight is 359 g/mol. The van der Waals surface area contributed by atoms with Gasteiger partial charge >= 0.3 is 5.97 Å². The molecule has 2 aromatic carbocycles. The second kappa shape index (κ2) is 8.58. The molecule has 0 radical (unpaired) electrons. The third-order valence-corrected chi connectivity index (χ3v) is 4.98. The summed E-state index contributed by atoms with van der Waals surface area (Å²) < 4.78 is 16.8. The Morgan fingerprint density at radius 1 is 1.08 bits per heavy atom. The second-order valence-electron chi connectivity index (χ2n) is 5.62. The summed E-state index contributed by atoms with van der Waals surface area (Å²) in [5, 5.41) is 0. The minimum absolute atomic E-state index is 0.136. The van der Waals surface area contributed by atoms with Crippen molar-refractivity contribution >= 4 is 22.7 Å². The molecule has 132 valence electrons. The minimum Gasteiger partial charge on any atom is -0.452 e. The molecular weight excluding hydrogens is 338 g/mol. The molecule has 0 aromatic heterocycles. The van der Waals surface area contributed by atoms with Gasteiger partial charge in [0.15, 0.2) is 6.61 Å². The van der Waals surface area contributed by atoms with Gasteiger partial charge in [-0.25, -0.2) is 4.79 Å². The summed E-state index contributed by atoms with van der Waals surface area (Å²) in [6.07, 6.45) is 1.49. The molecule has 0 saturated heterocycles. The first-order valence-corrected chi connectivity index (χ1v) is 9.37. The summed E-state index contributed by atoms with van der Waals surface area (Å²) in [6.45, 7) is 1.54. The summed E-state index contributed by atoms with van der Waals surface area (Å²) in [6, 6.07) is 16.0. The highest BCUT2D eigenvalue weighted by molar-refractivity contribution is 7.84. The highest BCUT2D eigenvalue weighted by Gasteiger charge is 2.20. The molecule has 5 nitrogen and oxygen atoms in total. The summed E-state index contributed by atoms with van der Waals surface area (Å²) in [4.78, 5) is 26.4. The van der Waals surface area contributed by atoms with Gasteiger partial charge in [-0.3, -0.25) is 9.00 Å².